The first-order valence-corrected chi connectivity index (χ1v) is 4.42. The van der Waals surface area contributed by atoms with Crippen molar-refractivity contribution >= 4 is 17.6 Å². The molecule has 0 radical (unpaired) electrons. The Morgan fingerprint density at radius 1 is 1.25 bits per heavy atom. The van der Waals surface area contributed by atoms with Crippen molar-refractivity contribution in [2.75, 3.05) is 5.73 Å². The Morgan fingerprint density at radius 3 is 1.94 bits per heavy atom. The Labute approximate surface area is 92.5 Å². The maximum Gasteiger partial charge on any atom is 0.337 e. The van der Waals surface area contributed by atoms with Crippen molar-refractivity contribution in [2.45, 2.75) is 13.0 Å². The van der Waals surface area contributed by atoms with E-state index in [0.29, 0.717) is 5.69 Å². The van der Waals surface area contributed by atoms with Crippen molar-refractivity contribution in [3.63, 3.8) is 0 Å². The Bertz CT molecular complexity index is 377. The van der Waals surface area contributed by atoms with E-state index in [2.05, 4.69) is 0 Å². The number of anilines is 1. The molecule has 16 heavy (non-hydrogen) atoms. The van der Waals surface area contributed by atoms with E-state index in [0.717, 1.165) is 0 Å². The molecule has 6 N–H and O–H groups in total. The molecule has 1 aromatic carbocycles. The lowest BCUT2D eigenvalue weighted by molar-refractivity contribution is -0.138. The van der Waals surface area contributed by atoms with Gasteiger partial charge in [0.1, 0.15) is 6.04 Å². The molecule has 88 valence electrons. The van der Waals surface area contributed by atoms with Crippen LogP contribution in [0.4, 0.5) is 5.69 Å². The molecule has 1 rings (SSSR count). The van der Waals surface area contributed by atoms with Crippen LogP contribution in [0, 0.1) is 0 Å². The lowest BCUT2D eigenvalue weighted by Gasteiger charge is -1.96. The van der Waals surface area contributed by atoms with Crippen LogP contribution < -0.4 is 11.5 Å². The van der Waals surface area contributed by atoms with Gasteiger partial charge in [-0.05, 0) is 19.1 Å². The van der Waals surface area contributed by atoms with Crippen molar-refractivity contribution < 1.29 is 19.8 Å². The van der Waals surface area contributed by atoms with E-state index in [1.54, 1.807) is 18.2 Å². The third-order valence-electron chi connectivity index (χ3n) is 1.58. The third-order valence-corrected chi connectivity index (χ3v) is 1.58. The molecule has 0 spiro atoms. The summed E-state index contributed by atoms with van der Waals surface area (Å²) in [4.78, 5) is 19.9. The zero-order valence-electron chi connectivity index (χ0n) is 8.75. The molecule has 1 atom stereocenters. The number of aromatic carboxylic acids is 1. The number of hydrogen-bond acceptors (Lipinski definition) is 4. The third kappa shape index (κ3) is 4.97. The molecule has 0 saturated heterocycles. The van der Waals surface area contributed by atoms with Gasteiger partial charge >= 0.3 is 11.9 Å². The molecule has 0 heterocycles. The second-order valence-electron chi connectivity index (χ2n) is 3.02. The lowest BCUT2D eigenvalue weighted by atomic mass is 10.2. The van der Waals surface area contributed by atoms with E-state index in [9.17, 15) is 9.59 Å². The highest BCUT2D eigenvalue weighted by atomic mass is 16.4. The summed E-state index contributed by atoms with van der Waals surface area (Å²) in [6.07, 6.45) is 0. The minimum absolute atomic E-state index is 0.155. The van der Waals surface area contributed by atoms with Gasteiger partial charge in [0.25, 0.3) is 0 Å². The van der Waals surface area contributed by atoms with Gasteiger partial charge in [0.15, 0.2) is 0 Å². The van der Waals surface area contributed by atoms with Crippen LogP contribution in [0.1, 0.15) is 17.3 Å². The smallest absolute Gasteiger partial charge is 0.337 e. The van der Waals surface area contributed by atoms with E-state index in [1.807, 2.05) is 0 Å². The standard InChI is InChI=1S/C7H7NO2.C3H7NO2/c8-6-4-2-1-3-5(6)7(9)10;1-2(4)3(5)6/h1-4H,8H2,(H,9,10);2H,4H2,1H3,(H,5,6)/t;2-/m.0/s1. The monoisotopic (exact) mass is 226 g/mol. The molecule has 0 fully saturated rings. The maximum atomic E-state index is 10.3. The van der Waals surface area contributed by atoms with E-state index in [1.165, 1.54) is 13.0 Å². The first-order chi connectivity index (χ1) is 7.36. The van der Waals surface area contributed by atoms with Crippen molar-refractivity contribution in [3.05, 3.63) is 29.8 Å². The highest BCUT2D eigenvalue weighted by molar-refractivity contribution is 5.93. The molecule has 0 unspecified atom stereocenters. The molecule has 0 bridgehead atoms. The highest BCUT2D eigenvalue weighted by Crippen LogP contribution is 2.08. The van der Waals surface area contributed by atoms with Crippen LogP contribution in [-0.2, 0) is 4.79 Å². The molecule has 0 aliphatic carbocycles. The van der Waals surface area contributed by atoms with E-state index in [-0.39, 0.29) is 5.56 Å². The average Bonchev–Trinajstić information content (AvgIpc) is 2.18. The van der Waals surface area contributed by atoms with Crippen LogP contribution in [0.3, 0.4) is 0 Å². The summed E-state index contributed by atoms with van der Waals surface area (Å²) >= 11 is 0. The molecule has 0 aromatic heterocycles. The highest BCUT2D eigenvalue weighted by Gasteiger charge is 2.03. The largest absolute Gasteiger partial charge is 0.480 e. The van der Waals surface area contributed by atoms with Crippen molar-refractivity contribution in [1.82, 2.24) is 0 Å². The number of hydrogen-bond donors (Lipinski definition) is 4. The SMILES string of the molecule is C[C@H](N)C(=O)O.Nc1ccccc1C(=O)O. The minimum atomic E-state index is -0.988. The Hall–Kier alpha value is -2.08. The van der Waals surface area contributed by atoms with E-state index in [4.69, 9.17) is 21.7 Å². The number of para-hydroxylation sites is 1. The van der Waals surface area contributed by atoms with Gasteiger partial charge in [-0.3, -0.25) is 4.79 Å². The van der Waals surface area contributed by atoms with Crippen LogP contribution in [0.5, 0.6) is 0 Å². The van der Waals surface area contributed by atoms with Crippen LogP contribution >= 0.6 is 0 Å². The summed E-state index contributed by atoms with van der Waals surface area (Å²) in [7, 11) is 0. The van der Waals surface area contributed by atoms with Gasteiger partial charge in [0.05, 0.1) is 5.56 Å². The fraction of sp³-hybridized carbons (Fsp3) is 0.200. The fourth-order valence-electron chi connectivity index (χ4n) is 0.692. The van der Waals surface area contributed by atoms with Gasteiger partial charge in [-0.15, -0.1) is 0 Å². The summed E-state index contributed by atoms with van der Waals surface area (Å²) in [6.45, 7) is 1.42. The summed E-state index contributed by atoms with van der Waals surface area (Å²) < 4.78 is 0. The molecule has 0 amide bonds. The number of carboxylic acids is 2. The van der Waals surface area contributed by atoms with Gasteiger partial charge in [-0.1, -0.05) is 12.1 Å². The molecular weight excluding hydrogens is 212 g/mol. The molecule has 0 saturated carbocycles. The number of nitrogen functional groups attached to an aromatic ring is 1. The van der Waals surface area contributed by atoms with Crippen LogP contribution in [0.25, 0.3) is 0 Å². The molecule has 1 aromatic rings. The number of carboxylic acid groups (broad SMARTS) is 2. The Balaban J connectivity index is 0.000000325. The Morgan fingerprint density at radius 2 is 1.69 bits per heavy atom. The topological polar surface area (TPSA) is 127 Å². The predicted octanol–water partition coefficient (Wildman–Crippen LogP) is 0.385. The zero-order valence-corrected chi connectivity index (χ0v) is 8.75. The van der Waals surface area contributed by atoms with Crippen molar-refractivity contribution in [3.8, 4) is 0 Å². The van der Waals surface area contributed by atoms with Gasteiger partial charge in [-0.25, -0.2) is 4.79 Å². The zero-order chi connectivity index (χ0) is 12.7. The summed E-state index contributed by atoms with van der Waals surface area (Å²) in [5.41, 5.74) is 10.6. The number of carbonyl (C=O) groups is 2. The first kappa shape index (κ1) is 13.9. The molecular formula is C10H14N2O4. The van der Waals surface area contributed by atoms with Crippen molar-refractivity contribution in [1.29, 1.82) is 0 Å². The molecule has 6 nitrogen and oxygen atoms in total. The van der Waals surface area contributed by atoms with Crippen LogP contribution in [0.15, 0.2) is 24.3 Å². The van der Waals surface area contributed by atoms with Gasteiger partial charge in [-0.2, -0.15) is 0 Å². The number of rotatable bonds is 2. The Kier molecular flexibility index (Phi) is 5.58. The molecule has 6 heteroatoms. The van der Waals surface area contributed by atoms with Crippen molar-refractivity contribution in [2.24, 2.45) is 5.73 Å². The van der Waals surface area contributed by atoms with E-state index < -0.39 is 18.0 Å². The lowest BCUT2D eigenvalue weighted by Crippen LogP contribution is -2.25. The van der Waals surface area contributed by atoms with Gasteiger partial charge in [0, 0.05) is 5.69 Å². The number of nitrogens with two attached hydrogens (primary N) is 2. The molecule has 0 aliphatic rings. The summed E-state index contributed by atoms with van der Waals surface area (Å²) in [6, 6.07) is 5.63. The summed E-state index contributed by atoms with van der Waals surface area (Å²) in [5, 5.41) is 16.4. The first-order valence-electron chi connectivity index (χ1n) is 4.42. The quantitative estimate of drug-likeness (QED) is 0.540. The van der Waals surface area contributed by atoms with Crippen LogP contribution in [-0.4, -0.2) is 28.2 Å². The second-order valence-corrected chi connectivity index (χ2v) is 3.02. The van der Waals surface area contributed by atoms with E-state index >= 15 is 0 Å². The summed E-state index contributed by atoms with van der Waals surface area (Å²) in [5.74, 6) is -1.95. The maximum absolute atomic E-state index is 10.3. The number of aliphatic carboxylic acids is 1. The normalized spacial score (nSPS) is 10.9. The minimum Gasteiger partial charge on any atom is -0.480 e. The average molecular weight is 226 g/mol. The fourth-order valence-corrected chi connectivity index (χ4v) is 0.692. The second kappa shape index (κ2) is 6.41. The van der Waals surface area contributed by atoms with Gasteiger partial charge < -0.3 is 21.7 Å². The van der Waals surface area contributed by atoms with Crippen LogP contribution in [0.2, 0.25) is 0 Å². The molecule has 0 aliphatic heterocycles. The number of benzene rings is 1. The predicted molar refractivity (Wildman–Crippen MR) is 59.1 cm³/mol. The van der Waals surface area contributed by atoms with Gasteiger partial charge in [0.2, 0.25) is 0 Å².